The van der Waals surface area contributed by atoms with Crippen molar-refractivity contribution < 1.29 is 9.21 Å². The number of carbonyl (C=O) groups is 1. The number of rotatable bonds is 6. The number of amides is 1. The van der Waals surface area contributed by atoms with Gasteiger partial charge in [0.1, 0.15) is 0 Å². The summed E-state index contributed by atoms with van der Waals surface area (Å²) in [7, 11) is 0. The third-order valence-electron chi connectivity index (χ3n) is 3.37. The van der Waals surface area contributed by atoms with E-state index >= 15 is 0 Å². The molecule has 2 aromatic carbocycles. The Hall–Kier alpha value is -2.60. The summed E-state index contributed by atoms with van der Waals surface area (Å²) < 4.78 is 5.66. The Balaban J connectivity index is 1.67. The predicted molar refractivity (Wildman–Crippen MR) is 94.7 cm³/mol. The highest BCUT2D eigenvalue weighted by atomic mass is 32.2. The van der Waals surface area contributed by atoms with E-state index in [-0.39, 0.29) is 11.2 Å². The smallest absolute Gasteiger partial charge is 0.277 e. The Labute approximate surface area is 144 Å². The fraction of sp³-hybridized carbons (Fsp3) is 0.167. The van der Waals surface area contributed by atoms with Crippen LogP contribution in [0.1, 0.15) is 13.3 Å². The maximum Gasteiger partial charge on any atom is 0.277 e. The molecule has 1 amide bonds. The van der Waals surface area contributed by atoms with Crippen LogP contribution in [0.15, 0.2) is 70.3 Å². The van der Waals surface area contributed by atoms with Gasteiger partial charge in [0.15, 0.2) is 0 Å². The fourth-order valence-corrected chi connectivity index (χ4v) is 2.93. The van der Waals surface area contributed by atoms with Crippen molar-refractivity contribution in [3.8, 4) is 11.5 Å². The lowest BCUT2D eigenvalue weighted by atomic mass is 10.2. The van der Waals surface area contributed by atoms with Crippen molar-refractivity contribution in [3.63, 3.8) is 0 Å². The minimum Gasteiger partial charge on any atom is -0.411 e. The molecule has 0 saturated carbocycles. The number of nitrogens with one attached hydrogen (secondary N) is 1. The lowest BCUT2D eigenvalue weighted by Crippen LogP contribution is -2.24. The zero-order chi connectivity index (χ0) is 16.8. The van der Waals surface area contributed by atoms with Crippen LogP contribution in [0.5, 0.6) is 0 Å². The van der Waals surface area contributed by atoms with Crippen LogP contribution >= 0.6 is 11.8 Å². The first kappa shape index (κ1) is 16.3. The third-order valence-corrected chi connectivity index (χ3v) is 4.57. The first-order valence-corrected chi connectivity index (χ1v) is 8.55. The summed E-state index contributed by atoms with van der Waals surface area (Å²) in [5, 5.41) is 11.1. The number of nitrogens with zero attached hydrogens (tertiary/aromatic N) is 2. The largest absolute Gasteiger partial charge is 0.411 e. The number of aromatic nitrogens is 2. The molecule has 0 bridgehead atoms. The van der Waals surface area contributed by atoms with Crippen molar-refractivity contribution in [1.29, 1.82) is 0 Å². The number of thioether (sulfide) groups is 1. The number of hydrogen-bond donors (Lipinski definition) is 1. The summed E-state index contributed by atoms with van der Waals surface area (Å²) in [4.78, 5) is 12.4. The quantitative estimate of drug-likeness (QED) is 0.680. The van der Waals surface area contributed by atoms with Gasteiger partial charge in [-0.3, -0.25) is 4.79 Å². The van der Waals surface area contributed by atoms with Crippen LogP contribution in [0.4, 0.5) is 5.69 Å². The third kappa shape index (κ3) is 4.02. The van der Waals surface area contributed by atoms with Gasteiger partial charge in [-0.15, -0.1) is 10.2 Å². The van der Waals surface area contributed by atoms with Gasteiger partial charge in [-0.05, 0) is 30.7 Å². The van der Waals surface area contributed by atoms with E-state index in [1.54, 1.807) is 0 Å². The average Bonchev–Trinajstić information content (AvgIpc) is 3.10. The van der Waals surface area contributed by atoms with E-state index in [9.17, 15) is 4.79 Å². The molecule has 24 heavy (non-hydrogen) atoms. The fourth-order valence-electron chi connectivity index (χ4n) is 2.14. The Bertz CT molecular complexity index is 790. The van der Waals surface area contributed by atoms with E-state index in [1.165, 1.54) is 11.8 Å². The van der Waals surface area contributed by atoms with E-state index in [0.29, 0.717) is 17.5 Å². The lowest BCUT2D eigenvalue weighted by molar-refractivity contribution is -0.115. The van der Waals surface area contributed by atoms with Crippen molar-refractivity contribution in [2.45, 2.75) is 23.8 Å². The minimum atomic E-state index is -0.297. The van der Waals surface area contributed by atoms with Crippen LogP contribution in [-0.2, 0) is 4.79 Å². The van der Waals surface area contributed by atoms with Crippen molar-refractivity contribution in [3.05, 3.63) is 60.7 Å². The number of carbonyl (C=O) groups excluding carboxylic acids is 1. The molecule has 6 heteroatoms. The second-order valence-electron chi connectivity index (χ2n) is 5.11. The minimum absolute atomic E-state index is 0.0758. The Morgan fingerprint density at radius 1 is 1.08 bits per heavy atom. The van der Waals surface area contributed by atoms with Gasteiger partial charge in [0.05, 0.1) is 5.25 Å². The molecule has 0 fully saturated rings. The maximum atomic E-state index is 12.4. The van der Waals surface area contributed by atoms with E-state index in [1.807, 2.05) is 67.6 Å². The highest BCUT2D eigenvalue weighted by molar-refractivity contribution is 8.00. The molecular formula is C18H17N3O2S. The molecule has 3 aromatic rings. The zero-order valence-electron chi connectivity index (χ0n) is 13.2. The van der Waals surface area contributed by atoms with E-state index in [4.69, 9.17) is 4.42 Å². The van der Waals surface area contributed by atoms with Gasteiger partial charge in [-0.1, -0.05) is 55.1 Å². The molecule has 0 spiro atoms. The Kier molecular flexibility index (Phi) is 5.28. The first-order chi connectivity index (χ1) is 11.8. The van der Waals surface area contributed by atoms with Crippen molar-refractivity contribution in [1.82, 2.24) is 10.2 Å². The topological polar surface area (TPSA) is 68.0 Å². The van der Waals surface area contributed by atoms with Gasteiger partial charge in [-0.25, -0.2) is 0 Å². The maximum absolute atomic E-state index is 12.4. The number of hydrogen-bond acceptors (Lipinski definition) is 5. The molecule has 1 N–H and O–H groups in total. The monoisotopic (exact) mass is 339 g/mol. The Morgan fingerprint density at radius 2 is 1.75 bits per heavy atom. The van der Waals surface area contributed by atoms with Crippen LogP contribution in [0.25, 0.3) is 11.5 Å². The summed E-state index contributed by atoms with van der Waals surface area (Å²) in [5.41, 5.74) is 1.63. The van der Waals surface area contributed by atoms with Crippen molar-refractivity contribution >= 4 is 23.4 Å². The number of anilines is 1. The molecule has 1 heterocycles. The van der Waals surface area contributed by atoms with E-state index in [2.05, 4.69) is 15.5 Å². The van der Waals surface area contributed by atoms with Crippen LogP contribution in [0.3, 0.4) is 0 Å². The highest BCUT2D eigenvalue weighted by Gasteiger charge is 2.21. The normalized spacial score (nSPS) is 11.9. The second-order valence-corrected chi connectivity index (χ2v) is 6.26. The zero-order valence-corrected chi connectivity index (χ0v) is 14.0. The summed E-state index contributed by atoms with van der Waals surface area (Å²) in [6.07, 6.45) is 0.659. The molecule has 0 saturated heterocycles. The molecule has 0 radical (unpaired) electrons. The van der Waals surface area contributed by atoms with Gasteiger partial charge in [-0.2, -0.15) is 0 Å². The highest BCUT2D eigenvalue weighted by Crippen LogP contribution is 2.28. The number of benzene rings is 2. The molecule has 5 nitrogen and oxygen atoms in total. The lowest BCUT2D eigenvalue weighted by Gasteiger charge is -2.12. The standard InChI is InChI=1S/C18H17N3O2S/c1-2-15(16(22)19-14-11-7-4-8-12-14)24-18-21-20-17(23-18)13-9-5-3-6-10-13/h3-12,15H,2H2,1H3,(H,19,22)/t15-/m0/s1. The van der Waals surface area contributed by atoms with E-state index < -0.39 is 0 Å². The van der Waals surface area contributed by atoms with Gasteiger partial charge >= 0.3 is 0 Å². The summed E-state index contributed by atoms with van der Waals surface area (Å²) in [6, 6.07) is 18.9. The van der Waals surface area contributed by atoms with Crippen LogP contribution in [0, 0.1) is 0 Å². The van der Waals surface area contributed by atoms with Gasteiger partial charge in [0, 0.05) is 11.3 Å². The second kappa shape index (κ2) is 7.79. The first-order valence-electron chi connectivity index (χ1n) is 7.67. The average molecular weight is 339 g/mol. The van der Waals surface area contributed by atoms with Crippen LogP contribution in [-0.4, -0.2) is 21.4 Å². The van der Waals surface area contributed by atoms with Gasteiger partial charge < -0.3 is 9.73 Å². The molecule has 0 unspecified atom stereocenters. The summed E-state index contributed by atoms with van der Waals surface area (Å²) >= 11 is 1.28. The predicted octanol–water partition coefficient (Wildman–Crippen LogP) is 4.25. The summed E-state index contributed by atoms with van der Waals surface area (Å²) in [5.74, 6) is 0.379. The SMILES string of the molecule is CC[C@H](Sc1nnc(-c2ccccc2)o1)C(=O)Nc1ccccc1. The molecule has 1 atom stereocenters. The van der Waals surface area contributed by atoms with Gasteiger partial charge in [0.25, 0.3) is 5.22 Å². The number of para-hydroxylation sites is 1. The Morgan fingerprint density at radius 3 is 2.42 bits per heavy atom. The van der Waals surface area contributed by atoms with Crippen LogP contribution in [0.2, 0.25) is 0 Å². The van der Waals surface area contributed by atoms with Crippen LogP contribution < -0.4 is 5.32 Å². The van der Waals surface area contributed by atoms with Crippen molar-refractivity contribution in [2.24, 2.45) is 0 Å². The molecule has 122 valence electrons. The molecule has 0 aliphatic heterocycles. The molecule has 0 aliphatic rings. The molecular weight excluding hydrogens is 322 g/mol. The molecule has 3 rings (SSSR count). The van der Waals surface area contributed by atoms with Crippen molar-refractivity contribution in [2.75, 3.05) is 5.32 Å². The molecule has 1 aromatic heterocycles. The van der Waals surface area contributed by atoms with Gasteiger partial charge in [0.2, 0.25) is 11.8 Å². The van der Waals surface area contributed by atoms with E-state index in [0.717, 1.165) is 11.3 Å². The molecule has 0 aliphatic carbocycles. The summed E-state index contributed by atoms with van der Waals surface area (Å²) in [6.45, 7) is 1.96.